The van der Waals surface area contributed by atoms with Crippen LogP contribution in [0.25, 0.3) is 0 Å². The van der Waals surface area contributed by atoms with E-state index in [0.717, 1.165) is 24.8 Å². The zero-order chi connectivity index (χ0) is 21.1. The minimum absolute atomic E-state index is 0.0436. The third-order valence-electron chi connectivity index (χ3n) is 5.21. The van der Waals surface area contributed by atoms with Gasteiger partial charge in [-0.05, 0) is 54.8 Å². The lowest BCUT2D eigenvalue weighted by Crippen LogP contribution is -2.36. The fraction of sp³-hybridized carbons (Fsp3) is 0.238. The third-order valence-corrected chi connectivity index (χ3v) is 7.38. The molecule has 3 aromatic rings. The van der Waals surface area contributed by atoms with Crippen LogP contribution >= 0.6 is 11.3 Å². The number of rotatable bonds is 6. The summed E-state index contributed by atoms with van der Waals surface area (Å²) in [6.07, 6.45) is 4.26. The van der Waals surface area contributed by atoms with Gasteiger partial charge >= 0.3 is 0 Å². The Bertz CT molecular complexity index is 1120. The van der Waals surface area contributed by atoms with Crippen molar-refractivity contribution < 1.29 is 17.6 Å². The highest BCUT2D eigenvalue weighted by molar-refractivity contribution is 7.93. The van der Waals surface area contributed by atoms with Gasteiger partial charge in [0, 0.05) is 29.1 Å². The first kappa shape index (κ1) is 20.5. The lowest BCUT2D eigenvalue weighted by molar-refractivity contribution is 0.0934. The Kier molecular flexibility index (Phi) is 5.83. The molecule has 1 aliphatic carbocycles. The molecule has 0 spiro atoms. The Labute approximate surface area is 178 Å². The summed E-state index contributed by atoms with van der Waals surface area (Å²) in [6, 6.07) is 12.1. The second kappa shape index (κ2) is 8.53. The van der Waals surface area contributed by atoms with E-state index in [1.807, 2.05) is 0 Å². The normalized spacial score (nSPS) is 18.8. The number of sulfonamides is 1. The Hall–Kier alpha value is -2.78. The van der Waals surface area contributed by atoms with Crippen molar-refractivity contribution in [1.29, 1.82) is 0 Å². The molecule has 2 N–H and O–H groups in total. The van der Waals surface area contributed by atoms with Crippen LogP contribution in [0.2, 0.25) is 0 Å². The summed E-state index contributed by atoms with van der Waals surface area (Å²) >= 11 is 1.18. The number of hydrogen-bond donors (Lipinski definition) is 2. The summed E-state index contributed by atoms with van der Waals surface area (Å²) in [4.78, 5) is 16.7. The molecule has 2 atom stereocenters. The van der Waals surface area contributed by atoms with Crippen molar-refractivity contribution in [1.82, 2.24) is 10.3 Å². The molecule has 2 unspecified atom stereocenters. The second-order valence-electron chi connectivity index (χ2n) is 7.14. The van der Waals surface area contributed by atoms with Gasteiger partial charge in [-0.3, -0.25) is 9.52 Å². The lowest BCUT2D eigenvalue weighted by atomic mass is 9.94. The molecule has 0 aliphatic heterocycles. The van der Waals surface area contributed by atoms with E-state index in [1.54, 1.807) is 17.5 Å². The van der Waals surface area contributed by atoms with E-state index < -0.39 is 10.0 Å². The largest absolute Gasteiger partial charge is 0.349 e. The van der Waals surface area contributed by atoms with Gasteiger partial charge in [0.2, 0.25) is 0 Å². The van der Waals surface area contributed by atoms with Gasteiger partial charge in [-0.2, -0.15) is 0 Å². The molecule has 1 saturated carbocycles. The highest BCUT2D eigenvalue weighted by Gasteiger charge is 2.30. The molecule has 30 heavy (non-hydrogen) atoms. The third kappa shape index (κ3) is 4.52. The zero-order valence-corrected chi connectivity index (χ0v) is 17.5. The second-order valence-corrected chi connectivity index (χ2v) is 9.71. The number of hydrogen-bond acceptors (Lipinski definition) is 5. The van der Waals surface area contributed by atoms with Crippen molar-refractivity contribution in [3.05, 3.63) is 77.1 Å². The van der Waals surface area contributed by atoms with E-state index in [9.17, 15) is 17.6 Å². The van der Waals surface area contributed by atoms with Crippen LogP contribution in [0.5, 0.6) is 0 Å². The van der Waals surface area contributed by atoms with Gasteiger partial charge in [-0.25, -0.2) is 17.8 Å². The SMILES string of the molecule is O=C(NC1CCCC1c1ccc(F)cc1)c1ccc(S(=O)(=O)Nc2nccs2)cc1. The lowest BCUT2D eigenvalue weighted by Gasteiger charge is -2.21. The van der Waals surface area contributed by atoms with E-state index in [1.165, 1.54) is 53.9 Å². The van der Waals surface area contributed by atoms with Crippen molar-refractivity contribution in [2.45, 2.75) is 36.1 Å². The minimum atomic E-state index is -3.76. The molecule has 1 heterocycles. The first-order valence-electron chi connectivity index (χ1n) is 9.51. The van der Waals surface area contributed by atoms with Crippen LogP contribution in [0.4, 0.5) is 9.52 Å². The van der Waals surface area contributed by atoms with E-state index in [0.29, 0.717) is 5.56 Å². The standard InChI is InChI=1S/C21H20FN3O3S2/c22-16-8-4-14(5-9-16)18-2-1-3-19(18)24-20(26)15-6-10-17(11-7-15)30(27,28)25-21-23-12-13-29-21/h4-13,18-19H,1-3H2,(H,23,25)(H,24,26). The van der Waals surface area contributed by atoms with Gasteiger partial charge in [0.25, 0.3) is 15.9 Å². The van der Waals surface area contributed by atoms with Crippen LogP contribution in [-0.4, -0.2) is 25.4 Å². The Morgan fingerprint density at radius 2 is 1.80 bits per heavy atom. The van der Waals surface area contributed by atoms with Gasteiger partial charge in [0.05, 0.1) is 4.90 Å². The number of amides is 1. The summed E-state index contributed by atoms with van der Waals surface area (Å²) in [6.45, 7) is 0. The van der Waals surface area contributed by atoms with Crippen molar-refractivity contribution >= 4 is 32.4 Å². The molecular formula is C21H20FN3O3S2. The van der Waals surface area contributed by atoms with Crippen LogP contribution < -0.4 is 10.0 Å². The van der Waals surface area contributed by atoms with Crippen LogP contribution in [0.3, 0.4) is 0 Å². The van der Waals surface area contributed by atoms with Crippen molar-refractivity contribution in [2.75, 3.05) is 4.72 Å². The van der Waals surface area contributed by atoms with Crippen molar-refractivity contribution in [3.8, 4) is 0 Å². The molecule has 9 heteroatoms. The molecule has 1 aromatic heterocycles. The quantitative estimate of drug-likeness (QED) is 0.597. The summed E-state index contributed by atoms with van der Waals surface area (Å²) in [7, 11) is -3.76. The van der Waals surface area contributed by atoms with Crippen LogP contribution in [0.1, 0.15) is 41.1 Å². The van der Waals surface area contributed by atoms with Gasteiger partial charge in [0.1, 0.15) is 5.82 Å². The van der Waals surface area contributed by atoms with Crippen molar-refractivity contribution in [2.24, 2.45) is 0 Å². The number of benzene rings is 2. The number of halogens is 1. The van der Waals surface area contributed by atoms with Crippen molar-refractivity contribution in [3.63, 3.8) is 0 Å². The van der Waals surface area contributed by atoms with Gasteiger partial charge < -0.3 is 5.32 Å². The molecule has 1 amide bonds. The number of carbonyl (C=O) groups is 1. The smallest absolute Gasteiger partial charge is 0.263 e. The van der Waals surface area contributed by atoms with Gasteiger partial charge in [-0.1, -0.05) is 18.6 Å². The molecule has 0 bridgehead atoms. The number of nitrogens with one attached hydrogen (secondary N) is 2. The fourth-order valence-corrected chi connectivity index (χ4v) is 5.52. The predicted octanol–water partition coefficient (Wildman–Crippen LogP) is 4.15. The average Bonchev–Trinajstić information content (AvgIpc) is 3.40. The molecule has 4 rings (SSSR count). The molecule has 156 valence electrons. The van der Waals surface area contributed by atoms with E-state index >= 15 is 0 Å². The van der Waals surface area contributed by atoms with E-state index in [4.69, 9.17) is 0 Å². The predicted molar refractivity (Wildman–Crippen MR) is 114 cm³/mol. The molecule has 0 saturated heterocycles. The maximum Gasteiger partial charge on any atom is 0.263 e. The monoisotopic (exact) mass is 445 g/mol. The van der Waals surface area contributed by atoms with Gasteiger partial charge in [-0.15, -0.1) is 11.3 Å². The number of anilines is 1. The summed E-state index contributed by atoms with van der Waals surface area (Å²) in [5.74, 6) is -0.403. The zero-order valence-electron chi connectivity index (χ0n) is 15.9. The first-order chi connectivity index (χ1) is 14.4. The summed E-state index contributed by atoms with van der Waals surface area (Å²) in [5.41, 5.74) is 1.39. The summed E-state index contributed by atoms with van der Waals surface area (Å²) < 4.78 is 40.4. The Morgan fingerprint density at radius 3 is 2.47 bits per heavy atom. The highest BCUT2D eigenvalue weighted by atomic mass is 32.2. The number of thiazole rings is 1. The number of aromatic nitrogens is 1. The number of carbonyl (C=O) groups excluding carboxylic acids is 1. The molecule has 2 aromatic carbocycles. The maximum absolute atomic E-state index is 13.2. The fourth-order valence-electron chi connectivity index (χ4n) is 3.73. The molecule has 0 radical (unpaired) electrons. The first-order valence-corrected chi connectivity index (χ1v) is 11.9. The van der Waals surface area contributed by atoms with Crippen LogP contribution in [0, 0.1) is 5.82 Å². The van der Waals surface area contributed by atoms with E-state index in [2.05, 4.69) is 15.0 Å². The van der Waals surface area contributed by atoms with Crippen LogP contribution in [0.15, 0.2) is 65.0 Å². The highest BCUT2D eigenvalue weighted by Crippen LogP contribution is 2.35. The Morgan fingerprint density at radius 1 is 1.07 bits per heavy atom. The molecular weight excluding hydrogens is 425 g/mol. The maximum atomic E-state index is 13.2. The Balaban J connectivity index is 1.44. The molecule has 1 aliphatic rings. The minimum Gasteiger partial charge on any atom is -0.349 e. The average molecular weight is 446 g/mol. The molecule has 6 nitrogen and oxygen atoms in total. The van der Waals surface area contributed by atoms with E-state index in [-0.39, 0.29) is 33.7 Å². The van der Waals surface area contributed by atoms with Gasteiger partial charge in [0.15, 0.2) is 5.13 Å². The number of nitrogens with zero attached hydrogens (tertiary/aromatic N) is 1. The van der Waals surface area contributed by atoms with Crippen LogP contribution in [-0.2, 0) is 10.0 Å². The molecule has 1 fully saturated rings. The topological polar surface area (TPSA) is 88.2 Å². The summed E-state index contributed by atoms with van der Waals surface area (Å²) in [5, 5.41) is 5.00.